The molecule has 0 unspecified atom stereocenters. The molecule has 9 heteroatoms. The topological polar surface area (TPSA) is 75.7 Å². The van der Waals surface area contributed by atoms with E-state index in [-0.39, 0.29) is 23.9 Å². The van der Waals surface area contributed by atoms with Crippen LogP contribution in [0.2, 0.25) is 15.1 Å². The number of rotatable bonds is 5. The average Bonchev–Trinajstić information content (AvgIpc) is 3.04. The third-order valence-electron chi connectivity index (χ3n) is 4.13. The molecule has 1 saturated heterocycles. The molecule has 0 aliphatic carbocycles. The fourth-order valence-electron chi connectivity index (χ4n) is 2.82. The van der Waals surface area contributed by atoms with Crippen LogP contribution in [0, 0.1) is 5.92 Å². The maximum atomic E-state index is 12.3. The minimum absolute atomic E-state index is 0.0302. The molecule has 1 N–H and O–H groups in total. The molecule has 0 spiro atoms. The number of nitrogens with one attached hydrogen (secondary N) is 1. The van der Waals surface area contributed by atoms with E-state index in [1.165, 1.54) is 4.90 Å². The highest BCUT2D eigenvalue weighted by molar-refractivity contribution is 6.44. The lowest BCUT2D eigenvalue weighted by Gasteiger charge is -2.18. The Kier molecular flexibility index (Phi) is 6.44. The predicted octanol–water partition coefficient (Wildman–Crippen LogP) is 4.18. The minimum Gasteiger partial charge on any atom is -0.455 e. The van der Waals surface area contributed by atoms with Gasteiger partial charge in [-0.15, -0.1) is 0 Å². The van der Waals surface area contributed by atoms with Crippen LogP contribution < -0.4 is 10.2 Å². The molecule has 3 rings (SSSR count). The summed E-state index contributed by atoms with van der Waals surface area (Å²) < 4.78 is 5.05. The molecule has 28 heavy (non-hydrogen) atoms. The van der Waals surface area contributed by atoms with Crippen molar-refractivity contribution in [2.24, 2.45) is 5.92 Å². The van der Waals surface area contributed by atoms with Crippen LogP contribution in [0.3, 0.4) is 0 Å². The van der Waals surface area contributed by atoms with Crippen LogP contribution >= 0.6 is 34.8 Å². The van der Waals surface area contributed by atoms with Crippen molar-refractivity contribution < 1.29 is 19.1 Å². The van der Waals surface area contributed by atoms with Crippen molar-refractivity contribution in [1.82, 2.24) is 0 Å². The first-order valence-electron chi connectivity index (χ1n) is 8.31. The van der Waals surface area contributed by atoms with Crippen LogP contribution in [0.5, 0.6) is 0 Å². The zero-order valence-corrected chi connectivity index (χ0v) is 16.7. The number of esters is 1. The number of anilines is 2. The van der Waals surface area contributed by atoms with Crippen molar-refractivity contribution in [1.29, 1.82) is 0 Å². The van der Waals surface area contributed by atoms with Gasteiger partial charge in [-0.25, -0.2) is 0 Å². The summed E-state index contributed by atoms with van der Waals surface area (Å²) in [5, 5.41) is 3.61. The molecule has 6 nitrogen and oxygen atoms in total. The number of halogens is 3. The summed E-state index contributed by atoms with van der Waals surface area (Å²) in [5.74, 6) is -2.10. The van der Waals surface area contributed by atoms with E-state index in [4.69, 9.17) is 39.5 Å². The third-order valence-corrected chi connectivity index (χ3v) is 5.18. The molecule has 1 fully saturated rings. The van der Waals surface area contributed by atoms with E-state index in [1.807, 2.05) is 0 Å². The first kappa shape index (κ1) is 20.5. The molecule has 2 aromatic rings. The average molecular weight is 442 g/mol. The summed E-state index contributed by atoms with van der Waals surface area (Å²) in [5.41, 5.74) is 0.930. The summed E-state index contributed by atoms with van der Waals surface area (Å²) in [6.07, 6.45) is -0.0302. The van der Waals surface area contributed by atoms with E-state index in [1.54, 1.807) is 42.5 Å². The van der Waals surface area contributed by atoms with Crippen molar-refractivity contribution in [3.05, 3.63) is 57.5 Å². The van der Waals surface area contributed by atoms with Gasteiger partial charge in [0.1, 0.15) is 0 Å². The second-order valence-electron chi connectivity index (χ2n) is 6.14. The van der Waals surface area contributed by atoms with Crippen LogP contribution in [0.1, 0.15) is 6.42 Å². The maximum absolute atomic E-state index is 12.3. The number of ether oxygens (including phenoxy) is 1. The highest BCUT2D eigenvalue weighted by Gasteiger charge is 2.37. The number of hydrogen-bond acceptors (Lipinski definition) is 4. The van der Waals surface area contributed by atoms with E-state index in [0.717, 1.165) is 0 Å². The summed E-state index contributed by atoms with van der Waals surface area (Å²) in [6, 6.07) is 11.5. The Balaban J connectivity index is 1.56. The minimum atomic E-state index is -0.693. The second-order valence-corrected chi connectivity index (χ2v) is 7.37. The molecule has 0 saturated carbocycles. The van der Waals surface area contributed by atoms with Gasteiger partial charge in [-0.05, 0) is 30.3 Å². The number of carbonyl (C=O) groups excluding carboxylic acids is 3. The third kappa shape index (κ3) is 4.76. The largest absolute Gasteiger partial charge is 0.455 e. The van der Waals surface area contributed by atoms with E-state index in [0.29, 0.717) is 21.4 Å². The van der Waals surface area contributed by atoms with Crippen LogP contribution in [-0.2, 0) is 19.1 Å². The van der Waals surface area contributed by atoms with Gasteiger partial charge in [-0.1, -0.05) is 46.9 Å². The zero-order chi connectivity index (χ0) is 20.3. The molecule has 2 amide bonds. The van der Waals surface area contributed by atoms with Gasteiger partial charge in [0.25, 0.3) is 5.91 Å². The Hall–Kier alpha value is -2.28. The van der Waals surface area contributed by atoms with Gasteiger partial charge in [-0.2, -0.15) is 0 Å². The Morgan fingerprint density at radius 2 is 1.89 bits per heavy atom. The van der Waals surface area contributed by atoms with Crippen molar-refractivity contribution in [3.63, 3.8) is 0 Å². The maximum Gasteiger partial charge on any atom is 0.311 e. The summed E-state index contributed by atoms with van der Waals surface area (Å²) in [4.78, 5) is 37.9. The monoisotopic (exact) mass is 440 g/mol. The van der Waals surface area contributed by atoms with E-state index in [9.17, 15) is 14.4 Å². The lowest BCUT2D eigenvalue weighted by Crippen LogP contribution is -2.28. The Morgan fingerprint density at radius 3 is 2.64 bits per heavy atom. The van der Waals surface area contributed by atoms with Gasteiger partial charge in [0.05, 0.1) is 21.7 Å². The van der Waals surface area contributed by atoms with Gasteiger partial charge in [0.2, 0.25) is 5.91 Å². The Labute approximate surface area is 176 Å². The Bertz CT molecular complexity index is 935. The van der Waals surface area contributed by atoms with E-state index >= 15 is 0 Å². The van der Waals surface area contributed by atoms with Crippen molar-refractivity contribution in [2.75, 3.05) is 23.4 Å². The first-order chi connectivity index (χ1) is 13.3. The van der Waals surface area contributed by atoms with Crippen LogP contribution in [-0.4, -0.2) is 30.9 Å². The van der Waals surface area contributed by atoms with Crippen LogP contribution in [0.15, 0.2) is 42.5 Å². The zero-order valence-electron chi connectivity index (χ0n) is 14.5. The Morgan fingerprint density at radius 1 is 1.14 bits per heavy atom. The summed E-state index contributed by atoms with van der Waals surface area (Å²) in [6.45, 7) is -0.360. The van der Waals surface area contributed by atoms with Crippen molar-refractivity contribution in [3.8, 4) is 0 Å². The lowest BCUT2D eigenvalue weighted by atomic mass is 10.1. The lowest BCUT2D eigenvalue weighted by molar-refractivity contribution is -0.151. The van der Waals surface area contributed by atoms with Gasteiger partial charge < -0.3 is 15.0 Å². The molecule has 1 aliphatic rings. The molecule has 0 radical (unpaired) electrons. The molecule has 2 aromatic carbocycles. The van der Waals surface area contributed by atoms with Gasteiger partial charge in [0.15, 0.2) is 6.61 Å². The standard InChI is InChI=1S/C19H15Cl3N2O4/c20-12-3-1-4-13(8-12)23-16(25)10-28-19(27)11-7-17(26)24(9-11)15-6-2-5-14(21)18(15)22/h1-6,8,11H,7,9-10H2,(H,23,25)/t11-/m1/s1. The molecule has 1 aliphatic heterocycles. The molecule has 0 bridgehead atoms. The molecule has 146 valence electrons. The van der Waals surface area contributed by atoms with Crippen LogP contribution in [0.4, 0.5) is 11.4 Å². The predicted molar refractivity (Wildman–Crippen MR) is 108 cm³/mol. The number of hydrogen-bond donors (Lipinski definition) is 1. The number of carbonyl (C=O) groups is 3. The quantitative estimate of drug-likeness (QED) is 0.706. The highest BCUT2D eigenvalue weighted by atomic mass is 35.5. The fraction of sp³-hybridized carbons (Fsp3) is 0.211. The van der Waals surface area contributed by atoms with E-state index in [2.05, 4.69) is 5.32 Å². The highest BCUT2D eigenvalue weighted by Crippen LogP contribution is 2.35. The molecular formula is C19H15Cl3N2O4. The normalized spacial score (nSPS) is 16.2. The fourth-order valence-corrected chi connectivity index (χ4v) is 3.40. The first-order valence-corrected chi connectivity index (χ1v) is 9.45. The number of benzene rings is 2. The molecule has 0 aromatic heterocycles. The van der Waals surface area contributed by atoms with Crippen molar-refractivity contribution in [2.45, 2.75) is 6.42 Å². The van der Waals surface area contributed by atoms with Crippen molar-refractivity contribution >= 4 is 64.0 Å². The van der Waals surface area contributed by atoms with Crippen LogP contribution in [0.25, 0.3) is 0 Å². The van der Waals surface area contributed by atoms with E-state index < -0.39 is 24.4 Å². The summed E-state index contributed by atoms with van der Waals surface area (Å²) >= 11 is 18.0. The SMILES string of the molecule is O=C(COC(=O)[C@@H]1CC(=O)N(c2cccc(Cl)c2Cl)C1)Nc1cccc(Cl)c1. The van der Waals surface area contributed by atoms with Gasteiger partial charge in [0, 0.05) is 23.7 Å². The molecule has 1 heterocycles. The number of amides is 2. The van der Waals surface area contributed by atoms with Gasteiger partial charge >= 0.3 is 5.97 Å². The number of nitrogens with zero attached hydrogens (tertiary/aromatic N) is 1. The van der Waals surface area contributed by atoms with Gasteiger partial charge in [-0.3, -0.25) is 14.4 Å². The molecule has 1 atom stereocenters. The smallest absolute Gasteiger partial charge is 0.311 e. The molecular weight excluding hydrogens is 427 g/mol. The second kappa shape index (κ2) is 8.82. The summed E-state index contributed by atoms with van der Waals surface area (Å²) in [7, 11) is 0.